The van der Waals surface area contributed by atoms with E-state index in [1.165, 1.54) is 12.1 Å². The fourth-order valence-electron chi connectivity index (χ4n) is 2.11. The molecule has 23 heavy (non-hydrogen) atoms. The molecule has 0 unspecified atom stereocenters. The normalized spacial score (nSPS) is 10.3. The zero-order valence-electron chi connectivity index (χ0n) is 12.7. The third kappa shape index (κ3) is 4.30. The molecule has 3 rings (SSSR count). The number of benzene rings is 2. The van der Waals surface area contributed by atoms with E-state index in [0.29, 0.717) is 11.6 Å². The molecule has 0 amide bonds. The van der Waals surface area contributed by atoms with Crippen molar-refractivity contribution >= 4 is 0 Å². The molecule has 0 fully saturated rings. The maximum atomic E-state index is 13.1. The number of hydrogen-bond donors (Lipinski definition) is 0. The fraction of sp³-hybridized carbons (Fsp3) is 0.105. The van der Waals surface area contributed by atoms with Crippen LogP contribution >= 0.6 is 0 Å². The summed E-state index contributed by atoms with van der Waals surface area (Å²) in [6.07, 6.45) is 1.59. The molecule has 0 radical (unpaired) electrons. The van der Waals surface area contributed by atoms with E-state index in [4.69, 9.17) is 9.47 Å². The van der Waals surface area contributed by atoms with Gasteiger partial charge in [0.15, 0.2) is 0 Å². The van der Waals surface area contributed by atoms with Crippen LogP contribution in [0.2, 0.25) is 0 Å². The average Bonchev–Trinajstić information content (AvgIpc) is 2.54. The third-order valence-corrected chi connectivity index (χ3v) is 3.22. The third-order valence-electron chi connectivity index (χ3n) is 3.22. The Kier molecular flexibility index (Phi) is 4.52. The molecule has 0 N–H and O–H groups in total. The number of rotatable bonds is 5. The van der Waals surface area contributed by atoms with Crippen molar-refractivity contribution < 1.29 is 13.9 Å². The van der Waals surface area contributed by atoms with Crippen molar-refractivity contribution in [3.63, 3.8) is 0 Å². The first-order chi connectivity index (χ1) is 11.2. The van der Waals surface area contributed by atoms with E-state index in [1.54, 1.807) is 24.4 Å². The van der Waals surface area contributed by atoms with Gasteiger partial charge in [-0.15, -0.1) is 0 Å². The minimum absolute atomic E-state index is 0.272. The van der Waals surface area contributed by atoms with E-state index in [-0.39, 0.29) is 12.4 Å². The van der Waals surface area contributed by atoms with E-state index in [0.717, 1.165) is 16.9 Å². The van der Waals surface area contributed by atoms with Gasteiger partial charge in [0.1, 0.15) is 23.9 Å². The maximum Gasteiger partial charge on any atom is 0.219 e. The quantitative estimate of drug-likeness (QED) is 0.671. The van der Waals surface area contributed by atoms with Crippen LogP contribution in [0.25, 0.3) is 0 Å². The molecule has 0 bridgehead atoms. The van der Waals surface area contributed by atoms with Gasteiger partial charge in [0.05, 0.1) is 6.20 Å². The Balaban J connectivity index is 1.61. The van der Waals surface area contributed by atoms with E-state index in [1.807, 2.05) is 37.3 Å². The van der Waals surface area contributed by atoms with Crippen LogP contribution in [0.5, 0.6) is 17.4 Å². The zero-order chi connectivity index (χ0) is 16.1. The number of aryl methyl sites for hydroxylation is 1. The van der Waals surface area contributed by atoms with Crippen LogP contribution in [0.3, 0.4) is 0 Å². The first-order valence-corrected chi connectivity index (χ1v) is 7.27. The molecule has 2 aromatic carbocycles. The molecule has 116 valence electrons. The summed E-state index contributed by atoms with van der Waals surface area (Å²) in [6, 6.07) is 17.6. The van der Waals surface area contributed by atoms with Crippen molar-refractivity contribution in [3.05, 3.63) is 83.8 Å². The van der Waals surface area contributed by atoms with Crippen LogP contribution in [0.1, 0.15) is 11.1 Å². The predicted molar refractivity (Wildman–Crippen MR) is 86.2 cm³/mol. The highest BCUT2D eigenvalue weighted by atomic mass is 19.1. The fourth-order valence-corrected chi connectivity index (χ4v) is 2.11. The van der Waals surface area contributed by atoms with Crippen LogP contribution in [0, 0.1) is 12.7 Å². The van der Waals surface area contributed by atoms with Gasteiger partial charge < -0.3 is 9.47 Å². The molecule has 3 nitrogen and oxygen atoms in total. The molecule has 0 saturated heterocycles. The highest BCUT2D eigenvalue weighted by molar-refractivity contribution is 5.32. The van der Waals surface area contributed by atoms with Crippen LogP contribution < -0.4 is 9.47 Å². The summed E-state index contributed by atoms with van der Waals surface area (Å²) in [5, 5.41) is 0. The average molecular weight is 309 g/mol. The molecular weight excluding hydrogens is 293 g/mol. The van der Waals surface area contributed by atoms with Gasteiger partial charge in [-0.05, 0) is 48.4 Å². The number of hydrogen-bond acceptors (Lipinski definition) is 3. The summed E-state index contributed by atoms with van der Waals surface area (Å²) in [4.78, 5) is 4.21. The minimum atomic E-state index is -0.272. The van der Waals surface area contributed by atoms with Gasteiger partial charge in [-0.1, -0.05) is 24.3 Å². The van der Waals surface area contributed by atoms with Gasteiger partial charge in [-0.25, -0.2) is 9.37 Å². The molecule has 0 aliphatic heterocycles. The lowest BCUT2D eigenvalue weighted by Crippen LogP contribution is -1.96. The summed E-state index contributed by atoms with van der Waals surface area (Å²) >= 11 is 0. The van der Waals surface area contributed by atoms with E-state index < -0.39 is 0 Å². The summed E-state index contributed by atoms with van der Waals surface area (Å²) < 4.78 is 24.4. The molecular formula is C19H16FNO2. The molecule has 0 saturated carbocycles. The second kappa shape index (κ2) is 6.92. The van der Waals surface area contributed by atoms with Gasteiger partial charge in [0.2, 0.25) is 5.88 Å². The molecule has 0 spiro atoms. The molecule has 1 aromatic heterocycles. The van der Waals surface area contributed by atoms with Crippen molar-refractivity contribution in [2.75, 3.05) is 0 Å². The largest absolute Gasteiger partial charge is 0.487 e. The molecule has 4 heteroatoms. The van der Waals surface area contributed by atoms with E-state index in [2.05, 4.69) is 4.98 Å². The van der Waals surface area contributed by atoms with Crippen molar-refractivity contribution in [2.24, 2.45) is 0 Å². The van der Waals surface area contributed by atoms with Gasteiger partial charge in [-0.3, -0.25) is 0 Å². The Morgan fingerprint density at radius 3 is 2.57 bits per heavy atom. The number of aromatic nitrogens is 1. The van der Waals surface area contributed by atoms with Gasteiger partial charge >= 0.3 is 0 Å². The number of pyridine rings is 1. The lowest BCUT2D eigenvalue weighted by atomic mass is 10.2. The SMILES string of the molecule is Cc1cccc(Oc2ccc(OCc3cccc(F)c3)cn2)c1. The molecule has 3 aromatic rings. The van der Waals surface area contributed by atoms with Crippen LogP contribution in [0.15, 0.2) is 66.9 Å². The Hall–Kier alpha value is -2.88. The van der Waals surface area contributed by atoms with Crippen LogP contribution in [-0.2, 0) is 6.61 Å². The first kappa shape index (κ1) is 15.0. The second-order valence-corrected chi connectivity index (χ2v) is 5.17. The molecule has 1 heterocycles. The van der Waals surface area contributed by atoms with Crippen LogP contribution in [0.4, 0.5) is 4.39 Å². The van der Waals surface area contributed by atoms with Crippen molar-refractivity contribution in [2.45, 2.75) is 13.5 Å². The maximum absolute atomic E-state index is 13.1. The van der Waals surface area contributed by atoms with Gasteiger partial charge in [-0.2, -0.15) is 0 Å². The standard InChI is InChI=1S/C19H16FNO2/c1-14-4-2-7-17(10-14)23-19-9-8-18(12-21-19)22-13-15-5-3-6-16(20)11-15/h2-12H,13H2,1H3. The number of ether oxygens (including phenoxy) is 2. The molecule has 0 aliphatic carbocycles. The van der Waals surface area contributed by atoms with Crippen molar-refractivity contribution in [1.82, 2.24) is 4.98 Å². The summed E-state index contributed by atoms with van der Waals surface area (Å²) in [6.45, 7) is 2.29. The topological polar surface area (TPSA) is 31.4 Å². The summed E-state index contributed by atoms with van der Waals surface area (Å²) in [5.74, 6) is 1.57. The van der Waals surface area contributed by atoms with E-state index >= 15 is 0 Å². The number of nitrogens with zero attached hydrogens (tertiary/aromatic N) is 1. The van der Waals surface area contributed by atoms with Crippen molar-refractivity contribution in [1.29, 1.82) is 0 Å². The minimum Gasteiger partial charge on any atom is -0.487 e. The Bertz CT molecular complexity index is 787. The van der Waals surface area contributed by atoms with Crippen molar-refractivity contribution in [3.8, 4) is 17.4 Å². The smallest absolute Gasteiger partial charge is 0.219 e. The molecule has 0 aliphatic rings. The van der Waals surface area contributed by atoms with Gasteiger partial charge in [0.25, 0.3) is 0 Å². The molecule has 0 atom stereocenters. The highest BCUT2D eigenvalue weighted by Gasteiger charge is 2.02. The summed E-state index contributed by atoms with van der Waals surface area (Å²) in [7, 11) is 0. The lowest BCUT2D eigenvalue weighted by Gasteiger charge is -2.08. The Morgan fingerprint density at radius 1 is 0.957 bits per heavy atom. The Morgan fingerprint density at radius 2 is 1.83 bits per heavy atom. The summed E-state index contributed by atoms with van der Waals surface area (Å²) in [5.41, 5.74) is 1.89. The monoisotopic (exact) mass is 309 g/mol. The Labute approximate surface area is 134 Å². The number of halogens is 1. The predicted octanol–water partition coefficient (Wildman–Crippen LogP) is 4.90. The first-order valence-electron chi connectivity index (χ1n) is 7.27. The van der Waals surface area contributed by atoms with Crippen LogP contribution in [-0.4, -0.2) is 4.98 Å². The van der Waals surface area contributed by atoms with E-state index in [9.17, 15) is 4.39 Å². The van der Waals surface area contributed by atoms with Gasteiger partial charge in [0, 0.05) is 6.07 Å². The zero-order valence-corrected chi connectivity index (χ0v) is 12.7. The second-order valence-electron chi connectivity index (χ2n) is 5.17. The highest BCUT2D eigenvalue weighted by Crippen LogP contribution is 2.22. The lowest BCUT2D eigenvalue weighted by molar-refractivity contribution is 0.303.